The maximum atomic E-state index is 14.1. The second-order valence-electron chi connectivity index (χ2n) is 10.1. The Morgan fingerprint density at radius 3 is 2.54 bits per heavy atom. The Bertz CT molecular complexity index is 1560. The standard InChI is InChI=1S/C33H31F2NO5/c1-39-31(37)14-11-24-10-9-22(21-41-30-20-25(34)12-13-29(30)35)19-27(24)32(38)36-33(15-17-40-18-16-33)28-8-4-6-23-5-2-3-7-26(23)28/h2-10,12-13,19-20H,11,14-18,21H2,1H3,(H,36,38). The van der Waals surface area contributed by atoms with E-state index in [1.807, 2.05) is 36.4 Å². The zero-order valence-corrected chi connectivity index (χ0v) is 22.8. The van der Waals surface area contributed by atoms with E-state index in [0.717, 1.165) is 34.5 Å². The molecular formula is C33H31F2NO5. The number of halogens is 2. The fourth-order valence-corrected chi connectivity index (χ4v) is 5.34. The second-order valence-corrected chi connectivity index (χ2v) is 10.1. The summed E-state index contributed by atoms with van der Waals surface area (Å²) in [5.74, 6) is -2.21. The number of carbonyl (C=O) groups excluding carboxylic acids is 2. The quantitative estimate of drug-likeness (QED) is 0.246. The summed E-state index contributed by atoms with van der Waals surface area (Å²) in [6, 6.07) is 22.3. The van der Waals surface area contributed by atoms with Gasteiger partial charge in [0.15, 0.2) is 11.6 Å². The molecule has 1 aliphatic rings. The first-order valence-corrected chi connectivity index (χ1v) is 13.5. The van der Waals surface area contributed by atoms with Crippen molar-refractivity contribution in [1.29, 1.82) is 0 Å². The summed E-state index contributed by atoms with van der Waals surface area (Å²) in [6.07, 6.45) is 1.57. The molecule has 0 unspecified atom stereocenters. The smallest absolute Gasteiger partial charge is 0.305 e. The summed E-state index contributed by atoms with van der Waals surface area (Å²) in [7, 11) is 1.32. The number of nitrogens with one attached hydrogen (secondary N) is 1. The zero-order valence-electron chi connectivity index (χ0n) is 22.8. The van der Waals surface area contributed by atoms with Gasteiger partial charge in [0.2, 0.25) is 0 Å². The van der Waals surface area contributed by atoms with Gasteiger partial charge >= 0.3 is 5.97 Å². The van der Waals surface area contributed by atoms with Crippen molar-refractivity contribution < 1.29 is 32.6 Å². The first kappa shape index (κ1) is 28.2. The van der Waals surface area contributed by atoms with Gasteiger partial charge in [0.25, 0.3) is 5.91 Å². The third-order valence-corrected chi connectivity index (χ3v) is 7.54. The third kappa shape index (κ3) is 6.38. The van der Waals surface area contributed by atoms with Crippen LogP contribution in [0.3, 0.4) is 0 Å². The van der Waals surface area contributed by atoms with E-state index in [9.17, 15) is 18.4 Å². The molecule has 4 aromatic rings. The van der Waals surface area contributed by atoms with E-state index in [1.165, 1.54) is 7.11 Å². The molecular weight excluding hydrogens is 528 g/mol. The van der Waals surface area contributed by atoms with Crippen LogP contribution in [0.4, 0.5) is 8.78 Å². The van der Waals surface area contributed by atoms with E-state index in [2.05, 4.69) is 11.4 Å². The predicted octanol–water partition coefficient (Wildman–Crippen LogP) is 6.24. The molecule has 0 radical (unpaired) electrons. The molecule has 8 heteroatoms. The van der Waals surface area contributed by atoms with Crippen molar-refractivity contribution in [3.8, 4) is 5.75 Å². The number of hydrogen-bond donors (Lipinski definition) is 1. The average molecular weight is 560 g/mol. The second kappa shape index (κ2) is 12.5. The number of esters is 1. The van der Waals surface area contributed by atoms with Gasteiger partial charge in [0.05, 0.1) is 12.6 Å². The van der Waals surface area contributed by atoms with Crippen LogP contribution in [0.15, 0.2) is 78.9 Å². The monoisotopic (exact) mass is 559 g/mol. The van der Waals surface area contributed by atoms with Crippen molar-refractivity contribution in [3.05, 3.63) is 113 Å². The number of carbonyl (C=O) groups is 2. The Labute approximate surface area is 237 Å². The van der Waals surface area contributed by atoms with Crippen LogP contribution >= 0.6 is 0 Å². The van der Waals surface area contributed by atoms with Gasteiger partial charge in [-0.3, -0.25) is 9.59 Å². The fraction of sp³-hybridized carbons (Fsp3) is 0.273. The summed E-state index contributed by atoms with van der Waals surface area (Å²) < 4.78 is 43.8. The normalized spacial score (nSPS) is 14.4. The third-order valence-electron chi connectivity index (χ3n) is 7.54. The topological polar surface area (TPSA) is 73.9 Å². The molecule has 0 saturated carbocycles. The minimum atomic E-state index is -0.685. The number of ether oxygens (including phenoxy) is 3. The van der Waals surface area contributed by atoms with E-state index in [4.69, 9.17) is 14.2 Å². The Kier molecular flexibility index (Phi) is 8.59. The molecule has 41 heavy (non-hydrogen) atoms. The summed E-state index contributed by atoms with van der Waals surface area (Å²) in [5.41, 5.74) is 1.97. The highest BCUT2D eigenvalue weighted by molar-refractivity contribution is 5.97. The summed E-state index contributed by atoms with van der Waals surface area (Å²) in [5, 5.41) is 5.47. The van der Waals surface area contributed by atoms with Gasteiger partial charge in [-0.1, -0.05) is 54.6 Å². The van der Waals surface area contributed by atoms with Crippen molar-refractivity contribution in [1.82, 2.24) is 5.32 Å². The van der Waals surface area contributed by atoms with Crippen LogP contribution in [0.5, 0.6) is 5.75 Å². The number of fused-ring (bicyclic) bond motifs is 1. The highest BCUT2D eigenvalue weighted by atomic mass is 19.1. The molecule has 0 atom stereocenters. The van der Waals surface area contributed by atoms with Crippen LogP contribution in [-0.2, 0) is 32.8 Å². The maximum Gasteiger partial charge on any atom is 0.305 e. The lowest BCUT2D eigenvalue weighted by Crippen LogP contribution is -2.49. The van der Waals surface area contributed by atoms with Gasteiger partial charge in [0, 0.05) is 31.3 Å². The Morgan fingerprint density at radius 2 is 1.73 bits per heavy atom. The van der Waals surface area contributed by atoms with Crippen LogP contribution < -0.4 is 10.1 Å². The van der Waals surface area contributed by atoms with Crippen molar-refractivity contribution in [3.63, 3.8) is 0 Å². The molecule has 1 N–H and O–H groups in total. The van der Waals surface area contributed by atoms with E-state index in [1.54, 1.807) is 18.2 Å². The van der Waals surface area contributed by atoms with Crippen molar-refractivity contribution in [2.75, 3.05) is 20.3 Å². The minimum Gasteiger partial charge on any atom is -0.486 e. The Morgan fingerprint density at radius 1 is 0.951 bits per heavy atom. The van der Waals surface area contributed by atoms with Gasteiger partial charge < -0.3 is 19.5 Å². The summed E-state index contributed by atoms with van der Waals surface area (Å²) in [6.45, 7) is 0.901. The first-order chi connectivity index (χ1) is 19.9. The van der Waals surface area contributed by atoms with E-state index in [-0.39, 0.29) is 30.7 Å². The molecule has 0 spiro atoms. The highest BCUT2D eigenvalue weighted by Crippen LogP contribution is 2.37. The van der Waals surface area contributed by atoms with Gasteiger partial charge in [-0.25, -0.2) is 8.78 Å². The molecule has 6 nitrogen and oxygen atoms in total. The van der Waals surface area contributed by atoms with Crippen LogP contribution in [-0.4, -0.2) is 32.2 Å². The van der Waals surface area contributed by atoms with E-state index >= 15 is 0 Å². The number of hydrogen-bond acceptors (Lipinski definition) is 5. The van der Waals surface area contributed by atoms with Crippen molar-refractivity contribution in [2.45, 2.75) is 37.8 Å². The molecule has 1 fully saturated rings. The number of amides is 1. The molecule has 5 rings (SSSR count). The molecule has 212 valence electrons. The molecule has 0 aliphatic carbocycles. The zero-order chi connectivity index (χ0) is 28.8. The molecule has 1 amide bonds. The minimum absolute atomic E-state index is 0.0831. The van der Waals surface area contributed by atoms with Crippen molar-refractivity contribution in [2.24, 2.45) is 0 Å². The molecule has 1 saturated heterocycles. The van der Waals surface area contributed by atoms with Crippen molar-refractivity contribution >= 4 is 22.6 Å². The fourth-order valence-electron chi connectivity index (χ4n) is 5.34. The van der Waals surface area contributed by atoms with Gasteiger partial charge in [-0.15, -0.1) is 0 Å². The first-order valence-electron chi connectivity index (χ1n) is 13.5. The molecule has 0 aromatic heterocycles. The molecule has 4 aromatic carbocycles. The van der Waals surface area contributed by atoms with Crippen LogP contribution in [0.1, 0.15) is 46.3 Å². The Hall–Kier alpha value is -4.30. The maximum absolute atomic E-state index is 14.1. The molecule has 1 heterocycles. The van der Waals surface area contributed by atoms with E-state index < -0.39 is 17.2 Å². The number of aryl methyl sites for hydroxylation is 1. The lowest BCUT2D eigenvalue weighted by Gasteiger charge is -2.39. The lowest BCUT2D eigenvalue weighted by atomic mass is 9.79. The van der Waals surface area contributed by atoms with Gasteiger partial charge in [0.1, 0.15) is 12.4 Å². The number of methoxy groups -OCH3 is 1. The number of benzene rings is 4. The predicted molar refractivity (Wildman–Crippen MR) is 151 cm³/mol. The van der Waals surface area contributed by atoms with E-state index in [0.29, 0.717) is 49.2 Å². The lowest BCUT2D eigenvalue weighted by molar-refractivity contribution is -0.140. The molecule has 1 aliphatic heterocycles. The highest BCUT2D eigenvalue weighted by Gasteiger charge is 2.37. The summed E-state index contributed by atoms with van der Waals surface area (Å²) in [4.78, 5) is 26.0. The van der Waals surface area contributed by atoms with Gasteiger partial charge in [-0.05, 0) is 64.9 Å². The number of rotatable bonds is 9. The Balaban J connectivity index is 1.48. The van der Waals surface area contributed by atoms with Crippen LogP contribution in [0.25, 0.3) is 10.8 Å². The largest absolute Gasteiger partial charge is 0.486 e. The van der Waals surface area contributed by atoms with Crippen LogP contribution in [0, 0.1) is 11.6 Å². The van der Waals surface area contributed by atoms with Gasteiger partial charge in [-0.2, -0.15) is 0 Å². The average Bonchev–Trinajstić information content (AvgIpc) is 3.00. The van der Waals surface area contributed by atoms with Crippen LogP contribution in [0.2, 0.25) is 0 Å². The molecule has 0 bridgehead atoms. The summed E-state index contributed by atoms with van der Waals surface area (Å²) >= 11 is 0. The SMILES string of the molecule is COC(=O)CCc1ccc(COc2cc(F)ccc2F)cc1C(=O)NC1(c2cccc3ccccc23)CCOCC1.